The second kappa shape index (κ2) is 7.35. The highest BCUT2D eigenvalue weighted by Crippen LogP contribution is 2.36. The molecular formula is C17H16N6O4S. The number of rotatable bonds is 5. The van der Waals surface area contributed by atoms with Crippen molar-refractivity contribution in [3.8, 4) is 0 Å². The second-order valence-electron chi connectivity index (χ2n) is 6.36. The van der Waals surface area contributed by atoms with E-state index in [1.165, 1.54) is 17.7 Å². The van der Waals surface area contributed by atoms with Crippen LogP contribution in [0.2, 0.25) is 0 Å². The minimum Gasteiger partial charge on any atom is -0.481 e. The first-order valence-corrected chi connectivity index (χ1v) is 9.44. The highest BCUT2D eigenvalue weighted by Gasteiger charge is 2.32. The maximum atomic E-state index is 11.8. The molecule has 11 heteroatoms. The number of thiazole rings is 1. The van der Waals surface area contributed by atoms with Gasteiger partial charge in [-0.15, -0.1) is 0 Å². The van der Waals surface area contributed by atoms with Crippen LogP contribution >= 0.6 is 11.3 Å². The predicted octanol–water partition coefficient (Wildman–Crippen LogP) is 3.04. The quantitative estimate of drug-likeness (QED) is 0.489. The average Bonchev–Trinajstić information content (AvgIpc) is 3.10. The summed E-state index contributed by atoms with van der Waals surface area (Å²) in [5.41, 5.74) is 0.554. The molecule has 28 heavy (non-hydrogen) atoms. The summed E-state index contributed by atoms with van der Waals surface area (Å²) < 4.78 is 0.956. The Morgan fingerprint density at radius 2 is 2.04 bits per heavy atom. The summed E-state index contributed by atoms with van der Waals surface area (Å²) in [5.74, 6) is -1.02. The van der Waals surface area contributed by atoms with Crippen LogP contribution in [-0.4, -0.2) is 44.0 Å². The Balaban J connectivity index is 1.64. The van der Waals surface area contributed by atoms with E-state index in [-0.39, 0.29) is 17.3 Å². The van der Waals surface area contributed by atoms with Gasteiger partial charge in [-0.25, -0.2) is 15.0 Å². The maximum Gasteiger partial charge on any atom is 0.353 e. The van der Waals surface area contributed by atoms with Crippen LogP contribution in [0.15, 0.2) is 30.6 Å². The molecule has 2 aromatic heterocycles. The normalized spacial score (nSPS) is 14.9. The van der Waals surface area contributed by atoms with Gasteiger partial charge in [0.25, 0.3) is 0 Å². The molecule has 144 valence electrons. The monoisotopic (exact) mass is 400 g/mol. The number of nitrogens with one attached hydrogen (secondary N) is 1. The fourth-order valence-corrected chi connectivity index (χ4v) is 4.09. The van der Waals surface area contributed by atoms with E-state index in [4.69, 9.17) is 5.11 Å². The van der Waals surface area contributed by atoms with Crippen molar-refractivity contribution in [3.63, 3.8) is 0 Å². The molecule has 1 fully saturated rings. The Kier molecular flexibility index (Phi) is 4.74. The highest BCUT2D eigenvalue weighted by molar-refractivity contribution is 7.22. The number of nitrogens with zero attached hydrogens (tertiary/aromatic N) is 5. The number of piperidine rings is 1. The van der Waals surface area contributed by atoms with E-state index in [2.05, 4.69) is 20.3 Å². The van der Waals surface area contributed by atoms with Crippen molar-refractivity contribution < 1.29 is 14.8 Å². The molecule has 0 saturated carbocycles. The zero-order valence-electron chi connectivity index (χ0n) is 14.6. The molecule has 1 aromatic carbocycles. The van der Waals surface area contributed by atoms with Crippen LogP contribution in [0.5, 0.6) is 0 Å². The maximum absolute atomic E-state index is 11.8. The topological polar surface area (TPSA) is 134 Å². The van der Waals surface area contributed by atoms with Crippen molar-refractivity contribution in [2.24, 2.45) is 5.92 Å². The van der Waals surface area contributed by atoms with Gasteiger partial charge in [0.1, 0.15) is 6.33 Å². The van der Waals surface area contributed by atoms with E-state index in [1.807, 2.05) is 24.3 Å². The minimum absolute atomic E-state index is 0.0643. The summed E-state index contributed by atoms with van der Waals surface area (Å²) in [6.45, 7) is 0.769. The Hall–Kier alpha value is -3.34. The van der Waals surface area contributed by atoms with Crippen LogP contribution < -0.4 is 10.2 Å². The molecule has 1 aliphatic heterocycles. The van der Waals surface area contributed by atoms with Gasteiger partial charge in [0.2, 0.25) is 11.6 Å². The number of anilines is 3. The van der Waals surface area contributed by atoms with Crippen LogP contribution in [0.25, 0.3) is 10.2 Å². The van der Waals surface area contributed by atoms with Crippen LogP contribution in [0.3, 0.4) is 0 Å². The van der Waals surface area contributed by atoms with Crippen molar-refractivity contribution in [3.05, 3.63) is 40.7 Å². The fourth-order valence-electron chi connectivity index (χ4n) is 3.23. The summed E-state index contributed by atoms with van der Waals surface area (Å²) in [4.78, 5) is 36.7. The lowest BCUT2D eigenvalue weighted by Gasteiger charge is -2.30. The van der Waals surface area contributed by atoms with Crippen molar-refractivity contribution in [2.75, 3.05) is 23.3 Å². The van der Waals surface area contributed by atoms with Gasteiger partial charge in [-0.1, -0.05) is 23.5 Å². The summed E-state index contributed by atoms with van der Waals surface area (Å²) >= 11 is 1.37. The van der Waals surface area contributed by atoms with Gasteiger partial charge in [0.05, 0.1) is 21.1 Å². The Labute approximate surface area is 163 Å². The van der Waals surface area contributed by atoms with Gasteiger partial charge < -0.3 is 15.3 Å². The van der Waals surface area contributed by atoms with Gasteiger partial charge >= 0.3 is 11.7 Å². The number of benzene rings is 1. The fraction of sp³-hybridized carbons (Fsp3) is 0.294. The smallest absolute Gasteiger partial charge is 0.353 e. The standard InChI is InChI=1S/C17H16N6O4S/c24-16(25)10-5-7-22(8-6-10)15-13(23(26)27)14(18-9-19-15)21-17-20-11-3-1-2-4-12(11)28-17/h1-4,9-10H,5-8H2,(H,24,25)(H,18,19,20,21). The van der Waals surface area contributed by atoms with Gasteiger partial charge in [-0.05, 0) is 25.0 Å². The van der Waals surface area contributed by atoms with Crippen molar-refractivity contribution in [1.29, 1.82) is 0 Å². The van der Waals surface area contributed by atoms with Crippen LogP contribution in [0.1, 0.15) is 12.8 Å². The number of hydrogen-bond acceptors (Lipinski definition) is 9. The third-order valence-corrected chi connectivity index (χ3v) is 5.60. The lowest BCUT2D eigenvalue weighted by molar-refractivity contribution is -0.383. The summed E-state index contributed by atoms with van der Waals surface area (Å²) in [6.07, 6.45) is 2.09. The Bertz CT molecular complexity index is 1010. The van der Waals surface area contributed by atoms with Crippen molar-refractivity contribution in [1.82, 2.24) is 15.0 Å². The lowest BCUT2D eigenvalue weighted by atomic mass is 9.97. The van der Waals surface area contributed by atoms with Gasteiger partial charge in [0, 0.05) is 13.1 Å². The molecule has 4 rings (SSSR count). The molecular weight excluding hydrogens is 384 g/mol. The first-order chi connectivity index (χ1) is 13.5. The molecule has 0 spiro atoms. The van der Waals surface area contributed by atoms with Gasteiger partial charge in [-0.3, -0.25) is 14.9 Å². The molecule has 0 aliphatic carbocycles. The molecule has 0 amide bonds. The number of hydrogen-bond donors (Lipinski definition) is 2. The Morgan fingerprint density at radius 3 is 2.71 bits per heavy atom. The van der Waals surface area contributed by atoms with E-state index >= 15 is 0 Å². The number of carbonyl (C=O) groups is 1. The van der Waals surface area contributed by atoms with Crippen LogP contribution in [-0.2, 0) is 4.79 Å². The zero-order chi connectivity index (χ0) is 19.7. The first-order valence-electron chi connectivity index (χ1n) is 8.62. The molecule has 1 saturated heterocycles. The SMILES string of the molecule is O=C(O)C1CCN(c2ncnc(Nc3nc4ccccc4s3)c2[N+](=O)[O-])CC1. The summed E-state index contributed by atoms with van der Waals surface area (Å²) in [7, 11) is 0. The molecule has 0 unspecified atom stereocenters. The van der Waals surface area contributed by atoms with Gasteiger partial charge in [-0.2, -0.15) is 0 Å². The van der Waals surface area contributed by atoms with E-state index in [9.17, 15) is 14.9 Å². The van der Waals surface area contributed by atoms with Crippen LogP contribution in [0.4, 0.5) is 22.5 Å². The first kappa shape index (κ1) is 18.0. The summed E-state index contributed by atoms with van der Waals surface area (Å²) in [5, 5.41) is 24.3. The number of para-hydroxylation sites is 1. The molecule has 1 aliphatic rings. The molecule has 3 aromatic rings. The zero-order valence-corrected chi connectivity index (χ0v) is 15.4. The largest absolute Gasteiger partial charge is 0.481 e. The Morgan fingerprint density at radius 1 is 1.29 bits per heavy atom. The lowest BCUT2D eigenvalue weighted by Crippen LogP contribution is -2.37. The average molecular weight is 400 g/mol. The van der Waals surface area contributed by atoms with E-state index in [1.54, 1.807) is 4.90 Å². The molecule has 2 N–H and O–H groups in total. The minimum atomic E-state index is -0.838. The van der Waals surface area contributed by atoms with Crippen LogP contribution in [0, 0.1) is 16.0 Å². The highest BCUT2D eigenvalue weighted by atomic mass is 32.1. The molecule has 0 atom stereocenters. The van der Waals surface area contributed by atoms with Crippen molar-refractivity contribution >= 4 is 50.0 Å². The third kappa shape index (κ3) is 3.43. The number of fused-ring (bicyclic) bond motifs is 1. The molecule has 0 bridgehead atoms. The molecule has 0 radical (unpaired) electrons. The predicted molar refractivity (Wildman–Crippen MR) is 104 cm³/mol. The van der Waals surface area contributed by atoms with E-state index in [0.717, 1.165) is 10.2 Å². The number of aliphatic carboxylic acids is 1. The number of aromatic nitrogens is 3. The third-order valence-electron chi connectivity index (χ3n) is 4.65. The second-order valence-corrected chi connectivity index (χ2v) is 7.39. The van der Waals surface area contributed by atoms with E-state index in [0.29, 0.717) is 31.1 Å². The number of nitro groups is 1. The molecule has 10 nitrogen and oxygen atoms in total. The summed E-state index contributed by atoms with van der Waals surface area (Å²) in [6, 6.07) is 7.56. The number of carboxylic acids is 1. The van der Waals surface area contributed by atoms with E-state index < -0.39 is 16.8 Å². The van der Waals surface area contributed by atoms with Crippen molar-refractivity contribution in [2.45, 2.75) is 12.8 Å². The van der Waals surface area contributed by atoms with Gasteiger partial charge in [0.15, 0.2) is 5.13 Å². The molecule has 3 heterocycles. The number of carboxylic acid groups (broad SMARTS) is 1.